The molecule has 0 radical (unpaired) electrons. The van der Waals surface area contributed by atoms with Gasteiger partial charge in [0, 0.05) is 17.4 Å². The number of hydrogen-bond donors (Lipinski definition) is 2. The zero-order valence-corrected chi connectivity index (χ0v) is 10.9. The number of hydrogen-bond acceptors (Lipinski definition) is 3. The molecule has 0 bridgehead atoms. The first-order chi connectivity index (χ1) is 9.16. The van der Waals surface area contributed by atoms with Crippen LogP contribution in [0, 0.1) is 0 Å². The van der Waals surface area contributed by atoms with E-state index in [-0.39, 0.29) is 5.92 Å². The standard InChI is InChI=1S/C13H18N4O2/c1-10(11-6-3-2-4-7-11)12(13(18)19)15-8-5-9-16-17-14/h2-4,6-7,10,12,15H,5,8-9H2,1H3,(H,18,19). The monoisotopic (exact) mass is 262 g/mol. The Hall–Kier alpha value is -2.04. The Balaban J connectivity index is 2.57. The molecule has 2 N–H and O–H groups in total. The van der Waals surface area contributed by atoms with E-state index >= 15 is 0 Å². The molecule has 1 aromatic carbocycles. The highest BCUT2D eigenvalue weighted by atomic mass is 16.4. The Bertz CT molecular complexity index is 443. The van der Waals surface area contributed by atoms with E-state index in [0.29, 0.717) is 19.5 Å². The molecule has 0 saturated heterocycles. The number of rotatable bonds is 8. The van der Waals surface area contributed by atoms with E-state index in [4.69, 9.17) is 5.53 Å². The van der Waals surface area contributed by atoms with Crippen LogP contribution in [0.5, 0.6) is 0 Å². The van der Waals surface area contributed by atoms with Crippen molar-refractivity contribution in [3.8, 4) is 0 Å². The summed E-state index contributed by atoms with van der Waals surface area (Å²) in [5.41, 5.74) is 9.13. The smallest absolute Gasteiger partial charge is 0.321 e. The first-order valence-corrected chi connectivity index (χ1v) is 6.18. The highest BCUT2D eigenvalue weighted by Crippen LogP contribution is 2.19. The van der Waals surface area contributed by atoms with Crippen molar-refractivity contribution >= 4 is 5.97 Å². The summed E-state index contributed by atoms with van der Waals surface area (Å²) in [6.45, 7) is 2.76. The Morgan fingerprint density at radius 2 is 2.16 bits per heavy atom. The van der Waals surface area contributed by atoms with Gasteiger partial charge in [-0.3, -0.25) is 4.79 Å². The molecule has 0 aliphatic carbocycles. The lowest BCUT2D eigenvalue weighted by molar-refractivity contribution is -0.140. The van der Waals surface area contributed by atoms with Crippen LogP contribution in [0.1, 0.15) is 24.8 Å². The molecule has 0 aliphatic heterocycles. The molecule has 0 fully saturated rings. The second-order valence-corrected chi connectivity index (χ2v) is 4.28. The molecule has 0 spiro atoms. The van der Waals surface area contributed by atoms with E-state index < -0.39 is 12.0 Å². The van der Waals surface area contributed by atoms with Gasteiger partial charge in [-0.15, -0.1) is 0 Å². The number of benzene rings is 1. The molecule has 1 aromatic rings. The SMILES string of the molecule is CC(c1ccccc1)C(NCCCN=[N+]=[N-])C(=O)O. The number of carbonyl (C=O) groups is 1. The lowest BCUT2D eigenvalue weighted by Crippen LogP contribution is -2.41. The Morgan fingerprint density at radius 3 is 2.74 bits per heavy atom. The third kappa shape index (κ3) is 4.99. The van der Waals surface area contributed by atoms with Gasteiger partial charge in [0.1, 0.15) is 6.04 Å². The van der Waals surface area contributed by atoms with E-state index in [1.54, 1.807) is 0 Å². The van der Waals surface area contributed by atoms with E-state index in [0.717, 1.165) is 5.56 Å². The predicted octanol–water partition coefficient (Wildman–Crippen LogP) is 2.53. The third-order valence-electron chi connectivity index (χ3n) is 2.95. The minimum atomic E-state index is -0.875. The molecular formula is C13H18N4O2. The maximum Gasteiger partial charge on any atom is 0.321 e. The van der Waals surface area contributed by atoms with E-state index in [1.165, 1.54) is 0 Å². The van der Waals surface area contributed by atoms with Crippen LogP contribution in [0.2, 0.25) is 0 Å². The summed E-state index contributed by atoms with van der Waals surface area (Å²) in [4.78, 5) is 13.9. The van der Waals surface area contributed by atoms with Crippen LogP contribution < -0.4 is 5.32 Å². The highest BCUT2D eigenvalue weighted by molar-refractivity contribution is 5.74. The van der Waals surface area contributed by atoms with E-state index in [1.807, 2.05) is 37.3 Å². The number of nitrogens with zero attached hydrogens (tertiary/aromatic N) is 3. The molecule has 2 atom stereocenters. The molecule has 1 rings (SSSR count). The van der Waals surface area contributed by atoms with E-state index in [2.05, 4.69) is 15.3 Å². The molecule has 0 heterocycles. The fourth-order valence-electron chi connectivity index (χ4n) is 1.88. The fraction of sp³-hybridized carbons (Fsp3) is 0.462. The zero-order chi connectivity index (χ0) is 14.1. The average Bonchev–Trinajstić information content (AvgIpc) is 2.43. The second kappa shape index (κ2) is 8.13. The topological polar surface area (TPSA) is 98.1 Å². The van der Waals surface area contributed by atoms with Crippen molar-refractivity contribution in [2.75, 3.05) is 13.1 Å². The van der Waals surface area contributed by atoms with Crippen molar-refractivity contribution < 1.29 is 9.90 Å². The molecule has 0 aromatic heterocycles. The van der Waals surface area contributed by atoms with Gasteiger partial charge in [-0.25, -0.2) is 0 Å². The van der Waals surface area contributed by atoms with Crippen molar-refractivity contribution in [1.82, 2.24) is 5.32 Å². The van der Waals surface area contributed by atoms with Crippen molar-refractivity contribution in [2.24, 2.45) is 5.11 Å². The van der Waals surface area contributed by atoms with Crippen molar-refractivity contribution in [3.63, 3.8) is 0 Å². The Morgan fingerprint density at radius 1 is 1.47 bits per heavy atom. The van der Waals surface area contributed by atoms with Crippen LogP contribution in [-0.4, -0.2) is 30.2 Å². The molecule has 19 heavy (non-hydrogen) atoms. The maximum atomic E-state index is 11.3. The van der Waals surface area contributed by atoms with Gasteiger partial charge in [0.15, 0.2) is 0 Å². The Labute approximate surface area is 112 Å². The largest absolute Gasteiger partial charge is 0.480 e. The maximum absolute atomic E-state index is 11.3. The molecule has 2 unspecified atom stereocenters. The van der Waals surface area contributed by atoms with Crippen LogP contribution in [-0.2, 0) is 4.79 Å². The lowest BCUT2D eigenvalue weighted by atomic mass is 9.93. The van der Waals surface area contributed by atoms with Gasteiger partial charge in [-0.2, -0.15) is 0 Å². The Kier molecular flexibility index (Phi) is 6.43. The summed E-state index contributed by atoms with van der Waals surface area (Å²) in [6.07, 6.45) is 0.620. The van der Waals surface area contributed by atoms with Crippen molar-refractivity contribution in [3.05, 3.63) is 46.3 Å². The summed E-state index contributed by atoms with van der Waals surface area (Å²) in [5.74, 6) is -1.00. The van der Waals surface area contributed by atoms with Crippen molar-refractivity contribution in [2.45, 2.75) is 25.3 Å². The summed E-state index contributed by atoms with van der Waals surface area (Å²) in [6, 6.07) is 8.89. The summed E-state index contributed by atoms with van der Waals surface area (Å²) in [5, 5.41) is 15.7. The first kappa shape index (κ1) is 15.0. The van der Waals surface area contributed by atoms with E-state index in [9.17, 15) is 9.90 Å². The first-order valence-electron chi connectivity index (χ1n) is 6.18. The van der Waals surface area contributed by atoms with Gasteiger partial charge >= 0.3 is 5.97 Å². The van der Waals surface area contributed by atoms with Gasteiger partial charge in [0.25, 0.3) is 0 Å². The normalized spacial score (nSPS) is 13.3. The van der Waals surface area contributed by atoms with Crippen LogP contribution in [0.25, 0.3) is 10.4 Å². The van der Waals surface area contributed by atoms with Crippen LogP contribution in [0.4, 0.5) is 0 Å². The minimum Gasteiger partial charge on any atom is -0.480 e. The third-order valence-corrected chi connectivity index (χ3v) is 2.95. The van der Waals surface area contributed by atoms with Crippen LogP contribution in [0.15, 0.2) is 35.4 Å². The van der Waals surface area contributed by atoms with Crippen molar-refractivity contribution in [1.29, 1.82) is 0 Å². The number of azide groups is 1. The second-order valence-electron chi connectivity index (χ2n) is 4.28. The quantitative estimate of drug-likeness (QED) is 0.326. The minimum absolute atomic E-state index is 0.127. The number of aliphatic carboxylic acids is 1. The number of carboxylic acid groups (broad SMARTS) is 1. The van der Waals surface area contributed by atoms with Gasteiger partial charge in [0.05, 0.1) is 0 Å². The van der Waals surface area contributed by atoms with Crippen LogP contribution in [0.3, 0.4) is 0 Å². The zero-order valence-electron chi connectivity index (χ0n) is 10.9. The summed E-state index contributed by atoms with van der Waals surface area (Å²) >= 11 is 0. The van der Waals surface area contributed by atoms with Gasteiger partial charge in [-0.1, -0.05) is 42.4 Å². The highest BCUT2D eigenvalue weighted by Gasteiger charge is 2.24. The molecule has 6 nitrogen and oxygen atoms in total. The fourth-order valence-corrected chi connectivity index (χ4v) is 1.88. The van der Waals surface area contributed by atoms with Gasteiger partial charge in [-0.05, 0) is 24.1 Å². The molecule has 102 valence electrons. The molecule has 0 aliphatic rings. The van der Waals surface area contributed by atoms with Gasteiger partial charge in [0.2, 0.25) is 0 Å². The number of nitrogens with one attached hydrogen (secondary N) is 1. The average molecular weight is 262 g/mol. The summed E-state index contributed by atoms with van der Waals surface area (Å²) < 4.78 is 0. The van der Waals surface area contributed by atoms with Crippen LogP contribution >= 0.6 is 0 Å². The molecular weight excluding hydrogens is 244 g/mol. The molecule has 6 heteroatoms. The van der Waals surface area contributed by atoms with Gasteiger partial charge < -0.3 is 10.4 Å². The summed E-state index contributed by atoms with van der Waals surface area (Å²) in [7, 11) is 0. The number of carboxylic acids is 1. The lowest BCUT2D eigenvalue weighted by Gasteiger charge is -2.21. The molecule has 0 saturated carbocycles. The molecule has 0 amide bonds. The predicted molar refractivity (Wildman–Crippen MR) is 72.9 cm³/mol.